The zero-order chi connectivity index (χ0) is 47.8. The molecule has 4 fully saturated rings. The number of carbonyl (C=O) groups excluding carboxylic acids is 2. The van der Waals surface area contributed by atoms with Crippen LogP contribution in [0.15, 0.2) is 65.6 Å². The summed E-state index contributed by atoms with van der Waals surface area (Å²) in [5.74, 6) is 0.298. The fraction of sp³-hybridized carbons (Fsp3) is 0.608. The minimum atomic E-state index is -3.76. The highest BCUT2D eigenvalue weighted by atomic mass is 32.2. The summed E-state index contributed by atoms with van der Waals surface area (Å²) in [4.78, 5) is 37.9. The van der Waals surface area contributed by atoms with E-state index in [4.69, 9.17) is 13.7 Å². The minimum Gasteiger partial charge on any atom is -0.444 e. The van der Waals surface area contributed by atoms with Gasteiger partial charge in [0.05, 0.1) is 18.2 Å². The van der Waals surface area contributed by atoms with Crippen molar-refractivity contribution in [3.63, 3.8) is 0 Å². The van der Waals surface area contributed by atoms with Crippen LogP contribution in [0.2, 0.25) is 0 Å². The summed E-state index contributed by atoms with van der Waals surface area (Å²) in [6.45, 7) is 28.3. The number of rotatable bonds is 11. The van der Waals surface area contributed by atoms with Gasteiger partial charge in [-0.2, -0.15) is 8.42 Å². The van der Waals surface area contributed by atoms with E-state index in [0.717, 1.165) is 83.9 Å². The Kier molecular flexibility index (Phi) is 17.1. The Balaban J connectivity index is 0.000000229. The Morgan fingerprint density at radius 2 is 1.00 bits per heavy atom. The van der Waals surface area contributed by atoms with Crippen molar-refractivity contribution in [2.24, 2.45) is 11.8 Å². The van der Waals surface area contributed by atoms with Crippen LogP contribution in [0.3, 0.4) is 0 Å². The van der Waals surface area contributed by atoms with E-state index in [1.807, 2.05) is 48.5 Å². The number of piperazine rings is 2. The van der Waals surface area contributed by atoms with Crippen LogP contribution in [0.1, 0.15) is 82.2 Å². The molecule has 4 aliphatic heterocycles. The number of halogens is 1. The first kappa shape index (κ1) is 51.0. The molecule has 7 rings (SSSR count). The zero-order valence-corrected chi connectivity index (χ0v) is 41.8. The van der Waals surface area contributed by atoms with E-state index >= 15 is 0 Å². The molecule has 66 heavy (non-hydrogen) atoms. The van der Waals surface area contributed by atoms with Crippen LogP contribution >= 0.6 is 0 Å². The molecular formula is C51H75FN6O7S. The van der Waals surface area contributed by atoms with E-state index in [-0.39, 0.29) is 42.2 Å². The van der Waals surface area contributed by atoms with E-state index in [1.165, 1.54) is 33.6 Å². The van der Waals surface area contributed by atoms with Gasteiger partial charge in [-0.3, -0.25) is 18.4 Å². The molecule has 2 atom stereocenters. The van der Waals surface area contributed by atoms with Crippen LogP contribution in [0.4, 0.5) is 25.4 Å². The quantitative estimate of drug-likeness (QED) is 0.173. The van der Waals surface area contributed by atoms with Crippen molar-refractivity contribution in [1.29, 1.82) is 0 Å². The molecule has 4 aliphatic rings. The maximum atomic E-state index is 13.1. The van der Waals surface area contributed by atoms with Gasteiger partial charge >= 0.3 is 12.2 Å². The summed E-state index contributed by atoms with van der Waals surface area (Å²) in [5.41, 5.74) is 7.46. The van der Waals surface area contributed by atoms with Crippen LogP contribution < -0.4 is 9.80 Å². The van der Waals surface area contributed by atoms with E-state index in [1.54, 1.807) is 34.1 Å². The van der Waals surface area contributed by atoms with Gasteiger partial charge in [-0.05, 0) is 122 Å². The first-order valence-corrected chi connectivity index (χ1v) is 25.2. The van der Waals surface area contributed by atoms with Crippen LogP contribution in [-0.4, -0.2) is 143 Å². The number of alkyl halides is 1. The highest BCUT2D eigenvalue weighted by Gasteiger charge is 2.31. The molecular weight excluding hydrogens is 860 g/mol. The van der Waals surface area contributed by atoms with Gasteiger partial charge in [-0.1, -0.05) is 42.0 Å². The van der Waals surface area contributed by atoms with Gasteiger partial charge in [0.15, 0.2) is 0 Å². The summed E-state index contributed by atoms with van der Waals surface area (Å²) < 4.78 is 54.8. The van der Waals surface area contributed by atoms with Crippen molar-refractivity contribution in [2.45, 2.75) is 104 Å². The zero-order valence-electron chi connectivity index (χ0n) is 41.0. The smallest absolute Gasteiger partial charge is 0.410 e. The molecule has 0 N–H and O–H groups in total. The molecule has 0 bridgehead atoms. The average molecular weight is 935 g/mol. The summed E-state index contributed by atoms with van der Waals surface area (Å²) in [7, 11) is -3.76. The second-order valence-electron chi connectivity index (χ2n) is 20.7. The fourth-order valence-corrected chi connectivity index (χ4v) is 9.82. The third-order valence-corrected chi connectivity index (χ3v) is 13.9. The molecule has 4 saturated heterocycles. The van der Waals surface area contributed by atoms with E-state index < -0.39 is 21.3 Å². The highest BCUT2D eigenvalue weighted by Crippen LogP contribution is 2.32. The minimum absolute atomic E-state index is 0.140. The molecule has 15 heteroatoms. The van der Waals surface area contributed by atoms with E-state index in [2.05, 4.69) is 69.8 Å². The average Bonchev–Trinajstić information content (AvgIpc) is 3.95. The predicted octanol–water partition coefficient (Wildman–Crippen LogP) is 8.43. The fourth-order valence-electron chi connectivity index (χ4n) is 8.84. The van der Waals surface area contributed by atoms with Crippen molar-refractivity contribution >= 4 is 33.7 Å². The topological polar surface area (TPSA) is 115 Å². The lowest BCUT2D eigenvalue weighted by atomic mass is 10.1. The molecule has 364 valence electrons. The lowest BCUT2D eigenvalue weighted by molar-refractivity contribution is 0.0129. The SMILES string of the molecule is Cc1ccc(CN2CCN(C(=O)OC(C)(C)C)CC2)c(N2CC[C@H](CF)C2)c1.Cc1ccc(S(=O)(=O)OC[C@H]2CCN(c3cc(C)ccc3CN3CCN(C(=O)OC(C)(C)C)CC3)C2)cc1. The van der Waals surface area contributed by atoms with Crippen LogP contribution in [0, 0.1) is 32.6 Å². The third-order valence-electron chi connectivity index (χ3n) is 12.6. The number of carbonyl (C=O) groups is 2. The van der Waals surface area contributed by atoms with Crippen LogP contribution in [0.5, 0.6) is 0 Å². The van der Waals surface area contributed by atoms with Crippen molar-refractivity contribution in [3.8, 4) is 0 Å². The first-order chi connectivity index (χ1) is 31.1. The Hall–Kier alpha value is -4.44. The van der Waals surface area contributed by atoms with Crippen LogP contribution in [-0.2, 0) is 36.9 Å². The number of amides is 2. The van der Waals surface area contributed by atoms with Crippen molar-refractivity contribution < 1.29 is 36.1 Å². The number of ether oxygens (including phenoxy) is 2. The van der Waals surface area contributed by atoms with Crippen molar-refractivity contribution in [2.75, 3.05) is 102 Å². The number of hydrogen-bond donors (Lipinski definition) is 0. The number of anilines is 2. The highest BCUT2D eigenvalue weighted by molar-refractivity contribution is 7.86. The molecule has 0 aromatic heterocycles. The summed E-state index contributed by atoms with van der Waals surface area (Å²) >= 11 is 0. The van der Waals surface area contributed by atoms with E-state index in [0.29, 0.717) is 26.2 Å². The van der Waals surface area contributed by atoms with Gasteiger partial charge in [0.25, 0.3) is 10.1 Å². The molecule has 13 nitrogen and oxygen atoms in total. The number of hydrogen-bond acceptors (Lipinski definition) is 11. The second-order valence-corrected chi connectivity index (χ2v) is 22.3. The Morgan fingerprint density at radius 1 is 0.591 bits per heavy atom. The largest absolute Gasteiger partial charge is 0.444 e. The summed E-state index contributed by atoms with van der Waals surface area (Å²) in [6, 6.07) is 19.9. The maximum Gasteiger partial charge on any atom is 0.410 e. The van der Waals surface area contributed by atoms with Gasteiger partial charge in [0.2, 0.25) is 0 Å². The molecule has 0 radical (unpaired) electrons. The first-order valence-electron chi connectivity index (χ1n) is 23.8. The van der Waals surface area contributed by atoms with Gasteiger partial charge in [0.1, 0.15) is 11.2 Å². The third kappa shape index (κ3) is 14.8. The standard InChI is InChI=1S/C29H41N3O5S.C22H34FN3O2/c1-22-7-10-26(11-8-22)38(34,35)36-21-24-12-13-32(19-24)27-18-23(2)6-9-25(27)20-30-14-16-31(17-15-30)28(33)37-29(3,4)5;1-17-5-6-19(20(13-17)26-8-7-18(14-23)15-26)16-24-9-11-25(12-10-24)21(27)28-22(2,3)4/h6-11,18,24H,12-17,19-21H2,1-5H3;5-6,13,18H,7-12,14-16H2,1-4H3/t24-;18-/m01/s1. The lowest BCUT2D eigenvalue weighted by Crippen LogP contribution is -2.49. The van der Waals surface area contributed by atoms with Gasteiger partial charge < -0.3 is 29.1 Å². The summed E-state index contributed by atoms with van der Waals surface area (Å²) in [5, 5.41) is 0. The molecule has 2 amide bonds. The van der Waals surface area contributed by atoms with Crippen molar-refractivity contribution in [3.05, 3.63) is 88.5 Å². The summed E-state index contributed by atoms with van der Waals surface area (Å²) in [6.07, 6.45) is 1.34. The molecule has 0 aliphatic carbocycles. The molecule has 0 spiro atoms. The number of aryl methyl sites for hydroxylation is 3. The normalized spacial score (nSPS) is 20.0. The van der Waals surface area contributed by atoms with Gasteiger partial charge in [-0.15, -0.1) is 0 Å². The predicted molar refractivity (Wildman–Crippen MR) is 259 cm³/mol. The Bertz CT molecular complexity index is 2200. The molecule has 3 aromatic carbocycles. The number of nitrogens with zero attached hydrogens (tertiary/aromatic N) is 6. The lowest BCUT2D eigenvalue weighted by Gasteiger charge is -2.36. The van der Waals surface area contributed by atoms with E-state index in [9.17, 15) is 22.4 Å². The molecule has 0 unspecified atom stereocenters. The second kappa shape index (κ2) is 22.1. The van der Waals surface area contributed by atoms with Gasteiger partial charge in [-0.25, -0.2) is 9.59 Å². The molecule has 4 heterocycles. The van der Waals surface area contributed by atoms with Gasteiger partial charge in [0, 0.05) is 115 Å². The van der Waals surface area contributed by atoms with Crippen LogP contribution in [0.25, 0.3) is 0 Å². The Morgan fingerprint density at radius 3 is 1.41 bits per heavy atom. The monoisotopic (exact) mass is 935 g/mol. The molecule has 0 saturated carbocycles. The Labute approximate surface area is 394 Å². The molecule has 3 aromatic rings. The van der Waals surface area contributed by atoms with Crippen molar-refractivity contribution in [1.82, 2.24) is 19.6 Å². The number of benzene rings is 3. The maximum absolute atomic E-state index is 13.1.